The van der Waals surface area contributed by atoms with Crippen LogP contribution in [0.2, 0.25) is 0 Å². The van der Waals surface area contributed by atoms with Crippen molar-refractivity contribution in [3.05, 3.63) is 16.1 Å². The summed E-state index contributed by atoms with van der Waals surface area (Å²) >= 11 is 3.46. The van der Waals surface area contributed by atoms with Gasteiger partial charge in [0.1, 0.15) is 0 Å². The number of halogens is 1. The molecular weight excluding hydrogens is 290 g/mol. The number of hydrogen-bond donors (Lipinski definition) is 1. The van der Waals surface area contributed by atoms with Crippen LogP contribution in [0.5, 0.6) is 17.2 Å². The van der Waals surface area contributed by atoms with Crippen LogP contribution in [-0.4, -0.2) is 27.9 Å². The van der Waals surface area contributed by atoms with E-state index in [2.05, 4.69) is 20.8 Å². The van der Waals surface area contributed by atoms with Gasteiger partial charge in [0, 0.05) is 16.5 Å². The van der Waals surface area contributed by atoms with Crippen LogP contribution in [0.15, 0.2) is 10.5 Å². The second-order valence-corrected chi connectivity index (χ2v) is 4.08. The van der Waals surface area contributed by atoms with Gasteiger partial charge in [-0.15, -0.1) is 0 Å². The Bertz CT molecular complexity index is 384. The molecule has 0 fully saturated rings. The molecule has 0 bridgehead atoms. The third kappa shape index (κ3) is 3.02. The molecule has 0 aliphatic carbocycles. The van der Waals surface area contributed by atoms with E-state index in [1.54, 1.807) is 21.3 Å². The number of nitrogens with two attached hydrogens (primary N) is 1. The fraction of sp³-hybridized carbons (Fsp3) is 0.455. The monoisotopic (exact) mass is 305 g/mol. The molecule has 1 rings (SSSR count). The molecule has 5 nitrogen and oxygen atoms in total. The maximum absolute atomic E-state index is 5.36. The van der Waals surface area contributed by atoms with Crippen LogP contribution in [0.25, 0.3) is 0 Å². The van der Waals surface area contributed by atoms with Gasteiger partial charge in [-0.1, -0.05) is 15.9 Å². The highest BCUT2D eigenvalue weighted by molar-refractivity contribution is 9.10. The quantitative estimate of drug-likeness (QED) is 0.813. The molecule has 2 N–H and O–H groups in total. The summed E-state index contributed by atoms with van der Waals surface area (Å²) in [7, 11) is 4.72. The lowest BCUT2D eigenvalue weighted by atomic mass is 10.1. The topological polar surface area (TPSA) is 62.9 Å². The van der Waals surface area contributed by atoms with Gasteiger partial charge in [-0.2, -0.15) is 0 Å². The highest BCUT2D eigenvalue weighted by atomic mass is 79.9. The highest BCUT2D eigenvalue weighted by Crippen LogP contribution is 2.43. The first-order chi connectivity index (χ1) is 8.19. The lowest BCUT2D eigenvalue weighted by molar-refractivity contribution is 0.140. The van der Waals surface area contributed by atoms with Gasteiger partial charge in [-0.25, -0.2) is 5.90 Å². The van der Waals surface area contributed by atoms with Gasteiger partial charge >= 0.3 is 0 Å². The molecule has 0 spiro atoms. The van der Waals surface area contributed by atoms with Gasteiger partial charge in [0.2, 0.25) is 5.75 Å². The van der Waals surface area contributed by atoms with E-state index in [4.69, 9.17) is 20.1 Å². The van der Waals surface area contributed by atoms with Gasteiger partial charge in [0.25, 0.3) is 0 Å². The molecule has 0 unspecified atom stereocenters. The molecular formula is C11H16BrNO4. The van der Waals surface area contributed by atoms with Crippen LogP contribution in [-0.2, 0) is 11.3 Å². The molecule has 0 atom stereocenters. The van der Waals surface area contributed by atoms with Crippen molar-refractivity contribution in [1.29, 1.82) is 0 Å². The van der Waals surface area contributed by atoms with Crippen LogP contribution in [0.4, 0.5) is 0 Å². The summed E-state index contributed by atoms with van der Waals surface area (Å²) in [6.07, 6.45) is 0.612. The van der Waals surface area contributed by atoms with E-state index >= 15 is 0 Å². The Kier molecular flexibility index (Phi) is 5.54. The molecule has 0 heterocycles. The third-order valence-electron chi connectivity index (χ3n) is 2.35. The molecule has 0 aliphatic heterocycles. The van der Waals surface area contributed by atoms with Gasteiger partial charge in [0.05, 0.1) is 27.9 Å². The maximum Gasteiger partial charge on any atom is 0.203 e. The Morgan fingerprint density at radius 2 is 1.76 bits per heavy atom. The molecule has 0 saturated carbocycles. The zero-order valence-corrected chi connectivity index (χ0v) is 11.7. The molecule has 1 aromatic carbocycles. The van der Waals surface area contributed by atoms with Crippen LogP contribution in [0.3, 0.4) is 0 Å². The van der Waals surface area contributed by atoms with E-state index in [1.807, 2.05) is 6.07 Å². The van der Waals surface area contributed by atoms with Crippen LogP contribution in [0.1, 0.15) is 5.56 Å². The average Bonchev–Trinajstić information content (AvgIpc) is 2.35. The summed E-state index contributed by atoms with van der Waals surface area (Å²) in [6.45, 7) is 0.393. The number of rotatable bonds is 6. The Labute approximate surface area is 109 Å². The number of hydrogen-bond acceptors (Lipinski definition) is 5. The Morgan fingerprint density at radius 3 is 2.24 bits per heavy atom. The fourth-order valence-electron chi connectivity index (χ4n) is 1.58. The Balaban J connectivity index is 3.27. The zero-order valence-electron chi connectivity index (χ0n) is 10.1. The zero-order chi connectivity index (χ0) is 12.8. The smallest absolute Gasteiger partial charge is 0.203 e. The molecule has 96 valence electrons. The Morgan fingerprint density at radius 1 is 1.12 bits per heavy atom. The van der Waals surface area contributed by atoms with Crippen molar-refractivity contribution in [2.75, 3.05) is 27.9 Å². The first kappa shape index (κ1) is 14.1. The summed E-state index contributed by atoms with van der Waals surface area (Å²) in [5.74, 6) is 6.82. The van der Waals surface area contributed by atoms with Gasteiger partial charge in [-0.3, -0.25) is 0 Å². The van der Waals surface area contributed by atoms with Crippen molar-refractivity contribution in [2.45, 2.75) is 6.42 Å². The Hall–Kier alpha value is -0.980. The summed E-state index contributed by atoms with van der Waals surface area (Å²) in [5, 5.41) is 0. The summed E-state index contributed by atoms with van der Waals surface area (Å²) < 4.78 is 16.7. The van der Waals surface area contributed by atoms with Crippen molar-refractivity contribution in [2.24, 2.45) is 5.90 Å². The second kappa shape index (κ2) is 6.68. The van der Waals surface area contributed by atoms with Crippen molar-refractivity contribution in [3.8, 4) is 17.2 Å². The predicted octanol–water partition coefficient (Wildman–Crippen LogP) is 1.91. The van der Waals surface area contributed by atoms with E-state index in [1.165, 1.54) is 0 Å². The molecule has 0 saturated heterocycles. The largest absolute Gasteiger partial charge is 0.493 e. The predicted molar refractivity (Wildman–Crippen MR) is 67.6 cm³/mol. The molecule has 0 amide bonds. The molecule has 6 heteroatoms. The number of ether oxygens (including phenoxy) is 3. The number of methoxy groups -OCH3 is 3. The minimum Gasteiger partial charge on any atom is -0.493 e. The molecule has 0 radical (unpaired) electrons. The summed E-state index contributed by atoms with van der Waals surface area (Å²) in [4.78, 5) is 4.58. The maximum atomic E-state index is 5.36. The van der Waals surface area contributed by atoms with E-state index in [-0.39, 0.29) is 0 Å². The van der Waals surface area contributed by atoms with Crippen molar-refractivity contribution in [1.82, 2.24) is 0 Å². The molecule has 0 aliphatic rings. The first-order valence-corrected chi connectivity index (χ1v) is 5.77. The first-order valence-electron chi connectivity index (χ1n) is 4.98. The highest BCUT2D eigenvalue weighted by Gasteiger charge is 2.19. The minimum absolute atomic E-state index is 0.393. The normalized spacial score (nSPS) is 10.2. The molecule has 1 aromatic rings. The molecule has 0 aromatic heterocycles. The number of benzene rings is 1. The fourth-order valence-corrected chi connectivity index (χ4v) is 2.17. The van der Waals surface area contributed by atoms with Crippen LogP contribution >= 0.6 is 15.9 Å². The lowest BCUT2D eigenvalue weighted by Crippen LogP contribution is -2.06. The van der Waals surface area contributed by atoms with E-state index in [0.717, 1.165) is 10.0 Å². The summed E-state index contributed by atoms with van der Waals surface area (Å²) in [5.41, 5.74) is 0.926. The van der Waals surface area contributed by atoms with Crippen LogP contribution in [0, 0.1) is 0 Å². The van der Waals surface area contributed by atoms with Gasteiger partial charge in [0.15, 0.2) is 11.5 Å². The average molecular weight is 306 g/mol. The van der Waals surface area contributed by atoms with Gasteiger partial charge in [-0.05, 0) is 6.07 Å². The second-order valence-electron chi connectivity index (χ2n) is 3.23. The SMILES string of the molecule is COc1cc(Br)c(CCON)c(OC)c1OC. The van der Waals surface area contributed by atoms with E-state index < -0.39 is 0 Å². The standard InChI is InChI=1S/C11H16BrNO4/c1-14-9-6-8(12)7(4-5-17-13)10(15-2)11(9)16-3/h6H,4-5,13H2,1-3H3. The summed E-state index contributed by atoms with van der Waals surface area (Å²) in [6, 6.07) is 1.83. The third-order valence-corrected chi connectivity index (χ3v) is 3.06. The van der Waals surface area contributed by atoms with E-state index in [0.29, 0.717) is 30.3 Å². The molecule has 17 heavy (non-hydrogen) atoms. The van der Waals surface area contributed by atoms with Gasteiger partial charge < -0.3 is 19.0 Å². The van der Waals surface area contributed by atoms with Crippen molar-refractivity contribution in [3.63, 3.8) is 0 Å². The minimum atomic E-state index is 0.393. The van der Waals surface area contributed by atoms with E-state index in [9.17, 15) is 0 Å². The van der Waals surface area contributed by atoms with Crippen molar-refractivity contribution < 1.29 is 19.0 Å². The lowest BCUT2D eigenvalue weighted by Gasteiger charge is -2.17. The van der Waals surface area contributed by atoms with Crippen LogP contribution < -0.4 is 20.1 Å². The van der Waals surface area contributed by atoms with Crippen molar-refractivity contribution >= 4 is 15.9 Å².